The van der Waals surface area contributed by atoms with E-state index in [-0.39, 0.29) is 16.3 Å². The Hall–Kier alpha value is -0.800. The largest absolute Gasteiger partial charge is 0.390 e. The molecule has 1 aromatic rings. The Morgan fingerprint density at radius 1 is 1.56 bits per heavy atom. The Balaban J connectivity index is 2.98. The van der Waals surface area contributed by atoms with Gasteiger partial charge in [-0.1, -0.05) is 11.6 Å². The molecule has 0 fully saturated rings. The first kappa shape index (κ1) is 13.3. The quantitative estimate of drug-likeness (QED) is 0.562. The van der Waals surface area contributed by atoms with Crippen LogP contribution in [0.15, 0.2) is 12.3 Å². The highest BCUT2D eigenvalue weighted by atomic mass is 35.5. The SMILES string of the molecule is N#Cc1cnc(Cl)c(C(O)C(O)CCS)c1. The predicted octanol–water partition coefficient (Wildman–Crippen LogP) is 1.32. The van der Waals surface area contributed by atoms with E-state index >= 15 is 0 Å². The maximum absolute atomic E-state index is 9.80. The van der Waals surface area contributed by atoms with E-state index in [9.17, 15) is 10.2 Å². The normalized spacial score (nSPS) is 14.2. The zero-order valence-electron chi connectivity index (χ0n) is 8.34. The van der Waals surface area contributed by atoms with Gasteiger partial charge in [0.25, 0.3) is 0 Å². The lowest BCUT2D eigenvalue weighted by molar-refractivity contribution is 0.0171. The van der Waals surface area contributed by atoms with Crippen molar-refractivity contribution in [3.8, 4) is 6.07 Å². The van der Waals surface area contributed by atoms with Crippen molar-refractivity contribution in [3.05, 3.63) is 28.5 Å². The Bertz CT molecular complexity index is 408. The van der Waals surface area contributed by atoms with Crippen LogP contribution in [0.2, 0.25) is 5.15 Å². The van der Waals surface area contributed by atoms with Gasteiger partial charge in [0.15, 0.2) is 0 Å². The number of hydrogen-bond acceptors (Lipinski definition) is 5. The second kappa shape index (κ2) is 6.06. The van der Waals surface area contributed by atoms with E-state index in [1.54, 1.807) is 0 Å². The molecule has 0 aliphatic heterocycles. The summed E-state index contributed by atoms with van der Waals surface area (Å²) in [4.78, 5) is 3.77. The molecular formula is C10H11ClN2O2S. The molecule has 0 radical (unpaired) electrons. The molecule has 0 amide bonds. The second-order valence-electron chi connectivity index (χ2n) is 3.24. The van der Waals surface area contributed by atoms with Crippen LogP contribution in [0.4, 0.5) is 0 Å². The smallest absolute Gasteiger partial charge is 0.134 e. The number of aliphatic hydroxyl groups excluding tert-OH is 2. The lowest BCUT2D eigenvalue weighted by Crippen LogP contribution is -2.19. The summed E-state index contributed by atoms with van der Waals surface area (Å²) in [5, 5.41) is 28.2. The van der Waals surface area contributed by atoms with E-state index in [1.807, 2.05) is 6.07 Å². The molecule has 1 heterocycles. The van der Waals surface area contributed by atoms with Gasteiger partial charge in [-0.25, -0.2) is 4.98 Å². The summed E-state index contributed by atoms with van der Waals surface area (Å²) in [6.07, 6.45) is -0.479. The fraction of sp³-hybridized carbons (Fsp3) is 0.400. The van der Waals surface area contributed by atoms with Crippen LogP contribution < -0.4 is 0 Å². The van der Waals surface area contributed by atoms with Crippen molar-refractivity contribution in [1.82, 2.24) is 4.98 Å². The highest BCUT2D eigenvalue weighted by Gasteiger charge is 2.21. The van der Waals surface area contributed by atoms with Crippen molar-refractivity contribution in [3.63, 3.8) is 0 Å². The van der Waals surface area contributed by atoms with Gasteiger partial charge in [-0.15, -0.1) is 0 Å². The van der Waals surface area contributed by atoms with Crippen LogP contribution in [0, 0.1) is 11.3 Å². The molecule has 0 bridgehead atoms. The molecule has 2 unspecified atom stereocenters. The number of aliphatic hydroxyl groups is 2. The van der Waals surface area contributed by atoms with Gasteiger partial charge >= 0.3 is 0 Å². The molecule has 0 aliphatic carbocycles. The van der Waals surface area contributed by atoms with E-state index in [0.29, 0.717) is 12.2 Å². The van der Waals surface area contributed by atoms with Crippen LogP contribution in [0.25, 0.3) is 0 Å². The molecule has 2 atom stereocenters. The molecule has 0 spiro atoms. The number of pyridine rings is 1. The van der Waals surface area contributed by atoms with E-state index in [1.165, 1.54) is 12.3 Å². The Morgan fingerprint density at radius 2 is 2.25 bits per heavy atom. The summed E-state index contributed by atoms with van der Waals surface area (Å²) in [5.74, 6) is 0.446. The number of hydrogen-bond donors (Lipinski definition) is 3. The minimum Gasteiger partial charge on any atom is -0.390 e. The number of aromatic nitrogens is 1. The summed E-state index contributed by atoms with van der Waals surface area (Å²) in [6, 6.07) is 3.31. The molecule has 1 aromatic heterocycles. The van der Waals surface area contributed by atoms with Gasteiger partial charge in [-0.05, 0) is 18.2 Å². The van der Waals surface area contributed by atoms with Gasteiger partial charge < -0.3 is 10.2 Å². The third-order valence-corrected chi connectivity index (χ3v) is 2.68. The lowest BCUT2D eigenvalue weighted by Gasteiger charge is -2.18. The first-order valence-electron chi connectivity index (χ1n) is 4.62. The topological polar surface area (TPSA) is 77.1 Å². The molecule has 0 aliphatic rings. The van der Waals surface area contributed by atoms with Gasteiger partial charge in [-0.2, -0.15) is 17.9 Å². The molecule has 16 heavy (non-hydrogen) atoms. The number of halogens is 1. The molecular weight excluding hydrogens is 248 g/mol. The van der Waals surface area contributed by atoms with Gasteiger partial charge in [0, 0.05) is 11.8 Å². The number of nitrogens with zero attached hydrogens (tertiary/aromatic N) is 2. The summed E-state index contributed by atoms with van der Waals surface area (Å²) in [5.41, 5.74) is 0.548. The Morgan fingerprint density at radius 3 is 2.81 bits per heavy atom. The summed E-state index contributed by atoms with van der Waals surface area (Å²) < 4.78 is 0. The predicted molar refractivity (Wildman–Crippen MR) is 63.4 cm³/mol. The maximum Gasteiger partial charge on any atom is 0.134 e. The van der Waals surface area contributed by atoms with Gasteiger partial charge in [-0.3, -0.25) is 0 Å². The van der Waals surface area contributed by atoms with Crippen LogP contribution in [-0.2, 0) is 0 Å². The average molecular weight is 259 g/mol. The molecule has 0 saturated heterocycles. The van der Waals surface area contributed by atoms with Crippen LogP contribution in [0.3, 0.4) is 0 Å². The minimum atomic E-state index is -1.15. The highest BCUT2D eigenvalue weighted by Crippen LogP contribution is 2.25. The number of nitriles is 1. The van der Waals surface area contributed by atoms with Crippen LogP contribution in [0.5, 0.6) is 0 Å². The third-order valence-electron chi connectivity index (χ3n) is 2.10. The van der Waals surface area contributed by atoms with Crippen LogP contribution in [-0.4, -0.2) is 27.1 Å². The Labute approximate surface area is 104 Å². The van der Waals surface area contributed by atoms with E-state index in [2.05, 4.69) is 17.6 Å². The summed E-state index contributed by atoms with van der Waals surface area (Å²) in [6.45, 7) is 0. The molecule has 0 saturated carbocycles. The fourth-order valence-electron chi connectivity index (χ4n) is 1.23. The summed E-state index contributed by atoms with van der Waals surface area (Å²) >= 11 is 9.74. The zero-order valence-corrected chi connectivity index (χ0v) is 9.99. The van der Waals surface area contributed by atoms with E-state index in [4.69, 9.17) is 16.9 Å². The first-order chi connectivity index (χ1) is 7.60. The van der Waals surface area contributed by atoms with E-state index < -0.39 is 12.2 Å². The molecule has 4 nitrogen and oxygen atoms in total. The molecule has 0 aromatic carbocycles. The number of thiol groups is 1. The van der Waals surface area contributed by atoms with Crippen molar-refractivity contribution in [2.45, 2.75) is 18.6 Å². The van der Waals surface area contributed by atoms with Gasteiger partial charge in [0.05, 0.1) is 11.7 Å². The maximum atomic E-state index is 9.80. The van der Waals surface area contributed by atoms with Crippen molar-refractivity contribution in [2.24, 2.45) is 0 Å². The van der Waals surface area contributed by atoms with Crippen molar-refractivity contribution >= 4 is 24.2 Å². The lowest BCUT2D eigenvalue weighted by atomic mass is 10.0. The number of rotatable bonds is 4. The van der Waals surface area contributed by atoms with Crippen molar-refractivity contribution < 1.29 is 10.2 Å². The molecule has 2 N–H and O–H groups in total. The Kier molecular flexibility index (Phi) is 5.03. The van der Waals surface area contributed by atoms with Crippen molar-refractivity contribution in [2.75, 3.05) is 5.75 Å². The van der Waals surface area contributed by atoms with Gasteiger partial charge in [0.1, 0.15) is 17.3 Å². The molecule has 86 valence electrons. The fourth-order valence-corrected chi connectivity index (χ4v) is 1.71. The zero-order chi connectivity index (χ0) is 12.1. The van der Waals surface area contributed by atoms with Crippen LogP contribution >= 0.6 is 24.2 Å². The second-order valence-corrected chi connectivity index (χ2v) is 4.05. The average Bonchev–Trinajstić information content (AvgIpc) is 2.29. The van der Waals surface area contributed by atoms with Crippen LogP contribution in [0.1, 0.15) is 23.7 Å². The molecule has 1 rings (SSSR count). The first-order valence-corrected chi connectivity index (χ1v) is 5.63. The van der Waals surface area contributed by atoms with Crippen molar-refractivity contribution in [1.29, 1.82) is 5.26 Å². The van der Waals surface area contributed by atoms with Gasteiger partial charge in [0.2, 0.25) is 0 Å². The highest BCUT2D eigenvalue weighted by molar-refractivity contribution is 7.80. The third kappa shape index (κ3) is 3.09. The summed E-state index contributed by atoms with van der Waals surface area (Å²) in [7, 11) is 0. The molecule has 6 heteroatoms. The van der Waals surface area contributed by atoms with E-state index in [0.717, 1.165) is 0 Å². The minimum absolute atomic E-state index is 0.0877. The standard InChI is InChI=1S/C10H11ClN2O2S/c11-10-7(3-6(4-12)5-13-10)9(15)8(14)1-2-16/h3,5,8-9,14-16H,1-2H2. The monoisotopic (exact) mass is 258 g/mol.